The molecule has 0 saturated carbocycles. The highest BCUT2D eigenvalue weighted by Crippen LogP contribution is 2.28. The smallest absolute Gasteiger partial charge is 0.252 e. The van der Waals surface area contributed by atoms with E-state index >= 15 is 0 Å². The fraction of sp³-hybridized carbons (Fsp3) is 0.231. The van der Waals surface area contributed by atoms with Crippen molar-refractivity contribution in [1.82, 2.24) is 20.5 Å². The summed E-state index contributed by atoms with van der Waals surface area (Å²) in [5, 5.41) is 11.7. The Morgan fingerprint density at radius 3 is 3.00 bits per heavy atom. The van der Waals surface area contributed by atoms with Crippen LogP contribution in [0.1, 0.15) is 34.8 Å². The monoisotopic (exact) mass is 271 g/mol. The number of benzene rings is 1. The van der Waals surface area contributed by atoms with Crippen molar-refractivity contribution >= 4 is 17.8 Å². The number of H-pyrrole nitrogens is 1. The van der Waals surface area contributed by atoms with Gasteiger partial charge in [0.15, 0.2) is 0 Å². The topological polar surface area (TPSA) is 99.8 Å². The summed E-state index contributed by atoms with van der Waals surface area (Å²) >= 11 is 0. The molecular weight excluding hydrogens is 258 g/mol. The molecule has 1 aliphatic heterocycles. The predicted molar refractivity (Wildman–Crippen MR) is 70.9 cm³/mol. The van der Waals surface area contributed by atoms with Crippen LogP contribution in [0.3, 0.4) is 0 Å². The molecule has 0 saturated heterocycles. The minimum atomic E-state index is -0.166. The van der Waals surface area contributed by atoms with E-state index in [1.807, 2.05) is 18.2 Å². The number of aromatic amines is 1. The Labute approximate surface area is 114 Å². The molecule has 0 radical (unpaired) electrons. The van der Waals surface area contributed by atoms with Crippen LogP contribution in [0.4, 0.5) is 5.95 Å². The lowest BCUT2D eigenvalue weighted by atomic mass is 10.0. The SMILES string of the molecule is O=C(CCC1NC(=O)c2ccccc21)Nc1ncn[nH]1. The predicted octanol–water partition coefficient (Wildman–Crippen LogP) is 1.01. The minimum Gasteiger partial charge on any atom is -0.345 e. The third-order valence-corrected chi connectivity index (χ3v) is 3.22. The van der Waals surface area contributed by atoms with Crippen molar-refractivity contribution in [3.05, 3.63) is 41.7 Å². The van der Waals surface area contributed by atoms with Gasteiger partial charge in [-0.05, 0) is 18.1 Å². The molecule has 1 aliphatic rings. The normalized spacial score (nSPS) is 16.6. The van der Waals surface area contributed by atoms with Crippen molar-refractivity contribution in [3.8, 4) is 0 Å². The second kappa shape index (κ2) is 5.12. The van der Waals surface area contributed by atoms with E-state index in [-0.39, 0.29) is 17.9 Å². The average Bonchev–Trinajstić information content (AvgIpc) is 3.06. The molecule has 0 bridgehead atoms. The zero-order chi connectivity index (χ0) is 13.9. The Morgan fingerprint density at radius 1 is 1.35 bits per heavy atom. The van der Waals surface area contributed by atoms with Crippen LogP contribution < -0.4 is 10.6 Å². The van der Waals surface area contributed by atoms with Crippen molar-refractivity contribution in [2.24, 2.45) is 0 Å². The van der Waals surface area contributed by atoms with E-state index in [0.717, 1.165) is 5.56 Å². The van der Waals surface area contributed by atoms with Gasteiger partial charge < -0.3 is 5.32 Å². The highest BCUT2D eigenvalue weighted by Gasteiger charge is 2.27. The minimum absolute atomic E-state index is 0.0822. The molecule has 7 heteroatoms. The maximum absolute atomic E-state index is 11.7. The molecule has 0 spiro atoms. The fourth-order valence-electron chi connectivity index (χ4n) is 2.28. The van der Waals surface area contributed by atoms with Gasteiger partial charge in [0.05, 0.1) is 6.04 Å². The summed E-state index contributed by atoms with van der Waals surface area (Å²) in [5.41, 5.74) is 1.64. The van der Waals surface area contributed by atoms with Gasteiger partial charge in [-0.1, -0.05) is 18.2 Å². The van der Waals surface area contributed by atoms with Gasteiger partial charge in [0.25, 0.3) is 5.91 Å². The summed E-state index contributed by atoms with van der Waals surface area (Å²) in [5.74, 6) is 0.0764. The zero-order valence-corrected chi connectivity index (χ0v) is 10.6. The zero-order valence-electron chi connectivity index (χ0n) is 10.6. The Balaban J connectivity index is 1.60. The molecule has 0 aliphatic carbocycles. The van der Waals surface area contributed by atoms with Crippen LogP contribution in [-0.4, -0.2) is 27.0 Å². The number of nitrogens with one attached hydrogen (secondary N) is 3. The number of rotatable bonds is 4. The van der Waals surface area contributed by atoms with Gasteiger partial charge in [-0.25, -0.2) is 5.10 Å². The molecule has 102 valence electrons. The largest absolute Gasteiger partial charge is 0.345 e. The molecule has 1 unspecified atom stereocenters. The second-order valence-electron chi connectivity index (χ2n) is 4.53. The van der Waals surface area contributed by atoms with Gasteiger partial charge in [-0.3, -0.25) is 14.9 Å². The number of hydrogen-bond acceptors (Lipinski definition) is 4. The van der Waals surface area contributed by atoms with E-state index in [1.54, 1.807) is 6.07 Å². The first-order valence-electron chi connectivity index (χ1n) is 6.29. The Morgan fingerprint density at radius 2 is 2.20 bits per heavy atom. The number of anilines is 1. The molecule has 7 nitrogen and oxygen atoms in total. The lowest BCUT2D eigenvalue weighted by molar-refractivity contribution is -0.116. The van der Waals surface area contributed by atoms with E-state index < -0.39 is 0 Å². The van der Waals surface area contributed by atoms with E-state index in [9.17, 15) is 9.59 Å². The highest BCUT2D eigenvalue weighted by molar-refractivity contribution is 5.99. The number of carbonyl (C=O) groups excluding carboxylic acids is 2. The van der Waals surface area contributed by atoms with Crippen LogP contribution in [-0.2, 0) is 4.79 Å². The van der Waals surface area contributed by atoms with Crippen LogP contribution in [0.25, 0.3) is 0 Å². The van der Waals surface area contributed by atoms with Gasteiger partial charge in [0.2, 0.25) is 11.9 Å². The summed E-state index contributed by atoms with van der Waals surface area (Å²) in [6.45, 7) is 0. The molecule has 3 rings (SSSR count). The van der Waals surface area contributed by atoms with Crippen LogP contribution in [0, 0.1) is 0 Å². The van der Waals surface area contributed by atoms with Gasteiger partial charge in [-0.2, -0.15) is 10.1 Å². The number of amides is 2. The van der Waals surface area contributed by atoms with Crippen molar-refractivity contribution in [2.45, 2.75) is 18.9 Å². The summed E-state index contributed by atoms with van der Waals surface area (Å²) in [4.78, 5) is 27.3. The van der Waals surface area contributed by atoms with Crippen LogP contribution in [0.2, 0.25) is 0 Å². The molecule has 0 fully saturated rings. The fourth-order valence-corrected chi connectivity index (χ4v) is 2.28. The third kappa shape index (κ3) is 2.37. The maximum Gasteiger partial charge on any atom is 0.252 e. The lowest BCUT2D eigenvalue weighted by Crippen LogP contribution is -2.21. The van der Waals surface area contributed by atoms with E-state index in [1.165, 1.54) is 6.33 Å². The number of carbonyl (C=O) groups is 2. The Bertz CT molecular complexity index is 638. The van der Waals surface area contributed by atoms with E-state index in [4.69, 9.17) is 0 Å². The Hall–Kier alpha value is -2.70. The molecule has 2 aromatic rings. The van der Waals surface area contributed by atoms with Crippen molar-refractivity contribution in [1.29, 1.82) is 0 Å². The van der Waals surface area contributed by atoms with Crippen molar-refractivity contribution in [2.75, 3.05) is 5.32 Å². The average molecular weight is 271 g/mol. The van der Waals surface area contributed by atoms with E-state index in [2.05, 4.69) is 25.8 Å². The Kier molecular flexibility index (Phi) is 3.16. The number of hydrogen-bond donors (Lipinski definition) is 3. The molecule has 2 heterocycles. The first kappa shape index (κ1) is 12.3. The second-order valence-corrected chi connectivity index (χ2v) is 4.53. The third-order valence-electron chi connectivity index (χ3n) is 3.22. The van der Waals surface area contributed by atoms with Gasteiger partial charge >= 0.3 is 0 Å². The first-order chi connectivity index (χ1) is 9.74. The van der Waals surface area contributed by atoms with Crippen LogP contribution in [0.15, 0.2) is 30.6 Å². The number of fused-ring (bicyclic) bond motifs is 1. The molecular formula is C13H13N5O2. The summed E-state index contributed by atoms with van der Waals surface area (Å²) < 4.78 is 0. The van der Waals surface area contributed by atoms with Gasteiger partial charge in [0.1, 0.15) is 6.33 Å². The van der Waals surface area contributed by atoms with Gasteiger partial charge in [0, 0.05) is 12.0 Å². The molecule has 1 atom stereocenters. The maximum atomic E-state index is 11.7. The summed E-state index contributed by atoms with van der Waals surface area (Å²) in [6, 6.07) is 7.31. The lowest BCUT2D eigenvalue weighted by Gasteiger charge is -2.10. The summed E-state index contributed by atoms with van der Waals surface area (Å²) in [7, 11) is 0. The standard InChI is InChI=1S/C13H13N5O2/c19-11(17-13-14-7-15-18-13)6-5-10-8-3-1-2-4-9(8)12(20)16-10/h1-4,7,10H,5-6H2,(H,16,20)(H2,14,15,17,18,19). The first-order valence-corrected chi connectivity index (χ1v) is 6.29. The van der Waals surface area contributed by atoms with E-state index in [0.29, 0.717) is 24.4 Å². The number of nitrogens with zero attached hydrogens (tertiary/aromatic N) is 2. The number of aromatic nitrogens is 3. The van der Waals surface area contributed by atoms with Crippen molar-refractivity contribution < 1.29 is 9.59 Å². The molecule has 20 heavy (non-hydrogen) atoms. The van der Waals surface area contributed by atoms with Crippen LogP contribution >= 0.6 is 0 Å². The molecule has 3 N–H and O–H groups in total. The van der Waals surface area contributed by atoms with Crippen molar-refractivity contribution in [3.63, 3.8) is 0 Å². The van der Waals surface area contributed by atoms with Gasteiger partial charge in [-0.15, -0.1) is 0 Å². The molecule has 2 amide bonds. The summed E-state index contributed by atoms with van der Waals surface area (Å²) in [6.07, 6.45) is 2.16. The van der Waals surface area contributed by atoms with Crippen LogP contribution in [0.5, 0.6) is 0 Å². The highest BCUT2D eigenvalue weighted by atomic mass is 16.2. The quantitative estimate of drug-likeness (QED) is 0.772. The molecule has 1 aromatic heterocycles. The molecule has 1 aromatic carbocycles.